The zero-order valence-corrected chi connectivity index (χ0v) is 10.9. The van der Waals surface area contributed by atoms with Gasteiger partial charge in [-0.05, 0) is 24.1 Å². The van der Waals surface area contributed by atoms with Crippen LogP contribution in [0, 0.1) is 6.92 Å². The molecule has 19 heavy (non-hydrogen) atoms. The van der Waals surface area contributed by atoms with E-state index in [0.717, 1.165) is 10.5 Å². The highest BCUT2D eigenvalue weighted by molar-refractivity contribution is 6.31. The predicted octanol–water partition coefficient (Wildman–Crippen LogP) is 3.10. The molecular weight excluding hydrogens is 283 g/mol. The zero-order chi connectivity index (χ0) is 14.6. The van der Waals surface area contributed by atoms with Crippen LogP contribution in [0.5, 0.6) is 0 Å². The first kappa shape index (κ1) is 15.8. The van der Waals surface area contributed by atoms with Gasteiger partial charge < -0.3 is 5.11 Å². The van der Waals surface area contributed by atoms with Gasteiger partial charge in [0.05, 0.1) is 13.1 Å². The molecule has 1 aromatic carbocycles. The lowest BCUT2D eigenvalue weighted by Gasteiger charge is -2.22. The van der Waals surface area contributed by atoms with Crippen molar-refractivity contribution in [1.29, 1.82) is 0 Å². The monoisotopic (exact) mass is 295 g/mol. The summed E-state index contributed by atoms with van der Waals surface area (Å²) in [6.45, 7) is -0.293. The number of benzene rings is 1. The maximum atomic E-state index is 12.3. The number of aliphatic carboxylic acids is 1. The number of carbonyl (C=O) groups is 1. The van der Waals surface area contributed by atoms with Gasteiger partial charge in [-0.2, -0.15) is 13.2 Å². The number of alkyl halides is 3. The van der Waals surface area contributed by atoms with E-state index < -0.39 is 25.2 Å². The van der Waals surface area contributed by atoms with E-state index in [1.165, 1.54) is 0 Å². The quantitative estimate of drug-likeness (QED) is 0.907. The molecule has 3 nitrogen and oxygen atoms in total. The summed E-state index contributed by atoms with van der Waals surface area (Å²) in [4.78, 5) is 11.4. The maximum Gasteiger partial charge on any atom is 0.401 e. The Bertz CT molecular complexity index is 463. The summed E-state index contributed by atoms with van der Waals surface area (Å²) in [5, 5.41) is 9.07. The third kappa shape index (κ3) is 5.94. The van der Waals surface area contributed by atoms with Crippen LogP contribution in [-0.4, -0.2) is 35.2 Å². The molecule has 0 unspecified atom stereocenters. The minimum absolute atomic E-state index is 0.119. The second-order valence-electron chi connectivity index (χ2n) is 4.24. The second kappa shape index (κ2) is 6.25. The fourth-order valence-corrected chi connectivity index (χ4v) is 1.81. The molecule has 0 radical (unpaired) electrons. The van der Waals surface area contributed by atoms with Crippen molar-refractivity contribution in [2.45, 2.75) is 19.6 Å². The molecule has 0 aliphatic heterocycles. The number of carboxylic acid groups (broad SMARTS) is 1. The van der Waals surface area contributed by atoms with Crippen LogP contribution >= 0.6 is 11.6 Å². The topological polar surface area (TPSA) is 40.5 Å². The van der Waals surface area contributed by atoms with Crippen molar-refractivity contribution in [3.05, 3.63) is 34.3 Å². The van der Waals surface area contributed by atoms with Crippen molar-refractivity contribution in [3.63, 3.8) is 0 Å². The summed E-state index contributed by atoms with van der Waals surface area (Å²) in [6, 6.07) is 4.86. The molecular formula is C12H13ClF3NO2. The van der Waals surface area contributed by atoms with E-state index in [0.29, 0.717) is 10.6 Å². The van der Waals surface area contributed by atoms with E-state index in [1.807, 2.05) is 0 Å². The molecule has 0 saturated carbocycles. The van der Waals surface area contributed by atoms with Gasteiger partial charge in [0.25, 0.3) is 0 Å². The molecule has 7 heteroatoms. The molecule has 1 aromatic rings. The van der Waals surface area contributed by atoms with Gasteiger partial charge in [-0.25, -0.2) is 0 Å². The number of hydrogen-bond acceptors (Lipinski definition) is 2. The van der Waals surface area contributed by atoms with Gasteiger partial charge in [0, 0.05) is 11.6 Å². The number of rotatable bonds is 5. The number of carboxylic acids is 1. The fraction of sp³-hybridized carbons (Fsp3) is 0.417. The maximum absolute atomic E-state index is 12.3. The average molecular weight is 296 g/mol. The molecule has 0 saturated heterocycles. The molecule has 0 bridgehead atoms. The lowest BCUT2D eigenvalue weighted by Crippen LogP contribution is -2.37. The third-order valence-electron chi connectivity index (χ3n) is 2.40. The molecule has 1 rings (SSSR count). The van der Waals surface area contributed by atoms with Crippen molar-refractivity contribution in [2.75, 3.05) is 13.1 Å². The summed E-state index contributed by atoms with van der Waals surface area (Å²) in [5.74, 6) is -1.30. The largest absolute Gasteiger partial charge is 0.480 e. The Morgan fingerprint density at radius 2 is 2.05 bits per heavy atom. The SMILES string of the molecule is Cc1ccc(CN(CC(=O)O)CC(F)(F)F)cc1Cl. The summed E-state index contributed by atoms with van der Waals surface area (Å²) < 4.78 is 37.0. The van der Waals surface area contributed by atoms with Crippen LogP contribution in [0.2, 0.25) is 5.02 Å². The van der Waals surface area contributed by atoms with E-state index >= 15 is 0 Å². The number of aryl methyl sites for hydroxylation is 1. The Kier molecular flexibility index (Phi) is 5.20. The van der Waals surface area contributed by atoms with Crippen molar-refractivity contribution < 1.29 is 23.1 Å². The molecule has 0 fully saturated rings. The lowest BCUT2D eigenvalue weighted by molar-refractivity contribution is -0.154. The minimum atomic E-state index is -4.44. The summed E-state index contributed by atoms with van der Waals surface area (Å²) >= 11 is 5.88. The van der Waals surface area contributed by atoms with Crippen LogP contribution in [0.4, 0.5) is 13.2 Å². The van der Waals surface area contributed by atoms with Crippen LogP contribution in [0.15, 0.2) is 18.2 Å². The van der Waals surface area contributed by atoms with E-state index in [9.17, 15) is 18.0 Å². The lowest BCUT2D eigenvalue weighted by atomic mass is 10.1. The fourth-order valence-electron chi connectivity index (χ4n) is 1.61. The smallest absolute Gasteiger partial charge is 0.401 e. The molecule has 0 heterocycles. The van der Waals surface area contributed by atoms with Crippen molar-refractivity contribution in [3.8, 4) is 0 Å². The van der Waals surface area contributed by atoms with E-state index in [-0.39, 0.29) is 6.54 Å². The van der Waals surface area contributed by atoms with Crippen molar-refractivity contribution in [1.82, 2.24) is 4.90 Å². The van der Waals surface area contributed by atoms with Gasteiger partial charge in [0.1, 0.15) is 0 Å². The minimum Gasteiger partial charge on any atom is -0.480 e. The van der Waals surface area contributed by atoms with E-state index in [4.69, 9.17) is 16.7 Å². The number of halogens is 4. The predicted molar refractivity (Wildman–Crippen MR) is 65.2 cm³/mol. The van der Waals surface area contributed by atoms with Gasteiger partial charge >= 0.3 is 12.1 Å². The molecule has 0 spiro atoms. The highest BCUT2D eigenvalue weighted by atomic mass is 35.5. The first-order valence-electron chi connectivity index (χ1n) is 5.43. The zero-order valence-electron chi connectivity index (χ0n) is 10.2. The van der Waals surface area contributed by atoms with Crippen LogP contribution in [0.1, 0.15) is 11.1 Å². The Morgan fingerprint density at radius 1 is 1.42 bits per heavy atom. The molecule has 106 valence electrons. The van der Waals surface area contributed by atoms with Crippen LogP contribution in [0.3, 0.4) is 0 Å². The Morgan fingerprint density at radius 3 is 2.53 bits per heavy atom. The van der Waals surface area contributed by atoms with Gasteiger partial charge in [-0.1, -0.05) is 23.7 Å². The second-order valence-corrected chi connectivity index (χ2v) is 4.64. The highest BCUT2D eigenvalue weighted by Gasteiger charge is 2.31. The van der Waals surface area contributed by atoms with Crippen molar-refractivity contribution in [2.24, 2.45) is 0 Å². The summed E-state index contributed by atoms with van der Waals surface area (Å²) in [5.41, 5.74) is 1.35. The van der Waals surface area contributed by atoms with Gasteiger partial charge in [-0.15, -0.1) is 0 Å². The van der Waals surface area contributed by atoms with Crippen molar-refractivity contribution >= 4 is 17.6 Å². The standard InChI is InChI=1S/C12H13ClF3NO2/c1-8-2-3-9(4-10(8)13)5-17(6-11(18)19)7-12(14,15)16/h2-4H,5-7H2,1H3,(H,18,19). The highest BCUT2D eigenvalue weighted by Crippen LogP contribution is 2.21. The Labute approximate surface area is 113 Å². The van der Waals surface area contributed by atoms with Crippen LogP contribution in [0.25, 0.3) is 0 Å². The van der Waals surface area contributed by atoms with Gasteiger partial charge in [0.15, 0.2) is 0 Å². The molecule has 0 aromatic heterocycles. The first-order valence-corrected chi connectivity index (χ1v) is 5.81. The molecule has 0 atom stereocenters. The van der Waals surface area contributed by atoms with Gasteiger partial charge in [-0.3, -0.25) is 9.69 Å². The van der Waals surface area contributed by atoms with Gasteiger partial charge in [0.2, 0.25) is 0 Å². The summed E-state index contributed by atoms with van der Waals surface area (Å²) in [6.07, 6.45) is -4.44. The van der Waals surface area contributed by atoms with Crippen LogP contribution < -0.4 is 0 Å². The Balaban J connectivity index is 2.81. The number of hydrogen-bond donors (Lipinski definition) is 1. The summed E-state index contributed by atoms with van der Waals surface area (Å²) in [7, 11) is 0. The molecule has 1 N–H and O–H groups in total. The first-order chi connectivity index (χ1) is 8.67. The van der Waals surface area contributed by atoms with Crippen LogP contribution in [-0.2, 0) is 11.3 Å². The molecule has 0 aliphatic carbocycles. The van der Waals surface area contributed by atoms with E-state index in [2.05, 4.69) is 0 Å². The molecule has 0 aliphatic rings. The average Bonchev–Trinajstić information content (AvgIpc) is 2.20. The Hall–Kier alpha value is -1.27. The van der Waals surface area contributed by atoms with E-state index in [1.54, 1.807) is 25.1 Å². The normalized spacial score (nSPS) is 11.9. The molecule has 0 amide bonds. The number of nitrogens with zero attached hydrogens (tertiary/aromatic N) is 1. The third-order valence-corrected chi connectivity index (χ3v) is 2.81.